The zero-order valence-electron chi connectivity index (χ0n) is 7.58. The number of carbonyl (C=O) groups is 2. The smallest absolute Gasteiger partial charge is 0.313 e. The summed E-state index contributed by atoms with van der Waals surface area (Å²) in [5.74, 6) is -0.811. The molecular formula is C9H9ClO3S. The van der Waals surface area contributed by atoms with Gasteiger partial charge < -0.3 is 4.74 Å². The highest BCUT2D eigenvalue weighted by molar-refractivity contribution is 7.14. The summed E-state index contributed by atoms with van der Waals surface area (Å²) in [6.45, 7) is 1.98. The number of hydrogen-bond donors (Lipinski definition) is 0. The normalized spacial score (nSPS) is 9.86. The lowest BCUT2D eigenvalue weighted by Crippen LogP contribution is -2.10. The van der Waals surface area contributed by atoms with E-state index in [-0.39, 0.29) is 18.8 Å². The Labute approximate surface area is 90.6 Å². The van der Waals surface area contributed by atoms with Crippen LogP contribution in [0.2, 0.25) is 4.34 Å². The van der Waals surface area contributed by atoms with Gasteiger partial charge in [-0.15, -0.1) is 11.3 Å². The number of esters is 1. The standard InChI is InChI=1S/C9H9ClO3S/c1-2-13-8(12)5-7(11)6-3-4-14-9(6)10/h3-4H,2,5H2,1H3. The molecule has 14 heavy (non-hydrogen) atoms. The third-order valence-electron chi connectivity index (χ3n) is 1.53. The number of rotatable bonds is 4. The second-order valence-electron chi connectivity index (χ2n) is 2.51. The molecule has 1 aromatic rings. The van der Waals surface area contributed by atoms with Crippen LogP contribution in [0.15, 0.2) is 11.4 Å². The van der Waals surface area contributed by atoms with Crippen LogP contribution < -0.4 is 0 Å². The minimum Gasteiger partial charge on any atom is -0.466 e. The molecule has 0 spiro atoms. The van der Waals surface area contributed by atoms with Crippen molar-refractivity contribution in [2.24, 2.45) is 0 Å². The third-order valence-corrected chi connectivity index (χ3v) is 2.70. The molecule has 0 radical (unpaired) electrons. The van der Waals surface area contributed by atoms with Crippen molar-refractivity contribution in [2.75, 3.05) is 6.61 Å². The van der Waals surface area contributed by atoms with E-state index in [1.165, 1.54) is 11.3 Å². The van der Waals surface area contributed by atoms with Gasteiger partial charge in [-0.1, -0.05) is 11.6 Å². The fraction of sp³-hybridized carbons (Fsp3) is 0.333. The Morgan fingerprint density at radius 1 is 1.57 bits per heavy atom. The lowest BCUT2D eigenvalue weighted by atomic mass is 10.2. The molecule has 0 atom stereocenters. The number of thiophene rings is 1. The molecule has 1 rings (SSSR count). The van der Waals surface area contributed by atoms with Crippen LogP contribution in [0.5, 0.6) is 0 Å². The molecule has 0 aliphatic rings. The quantitative estimate of drug-likeness (QED) is 0.455. The van der Waals surface area contributed by atoms with Gasteiger partial charge in [0.1, 0.15) is 10.8 Å². The number of ketones is 1. The van der Waals surface area contributed by atoms with Gasteiger partial charge in [-0.3, -0.25) is 9.59 Å². The Hall–Kier alpha value is -0.870. The van der Waals surface area contributed by atoms with Gasteiger partial charge in [0, 0.05) is 5.56 Å². The number of carbonyl (C=O) groups excluding carboxylic acids is 2. The van der Waals surface area contributed by atoms with Crippen molar-refractivity contribution >= 4 is 34.7 Å². The van der Waals surface area contributed by atoms with Gasteiger partial charge in [0.2, 0.25) is 0 Å². The molecule has 0 unspecified atom stereocenters. The fourth-order valence-electron chi connectivity index (χ4n) is 0.932. The van der Waals surface area contributed by atoms with E-state index in [0.717, 1.165) is 0 Å². The highest BCUT2D eigenvalue weighted by atomic mass is 35.5. The van der Waals surface area contributed by atoms with E-state index in [0.29, 0.717) is 9.90 Å². The Bertz CT molecular complexity index is 346. The molecular weight excluding hydrogens is 224 g/mol. The Kier molecular flexibility index (Phi) is 4.10. The monoisotopic (exact) mass is 232 g/mol. The summed E-state index contributed by atoms with van der Waals surface area (Å²) in [5.41, 5.74) is 0.393. The molecule has 0 saturated heterocycles. The van der Waals surface area contributed by atoms with Crippen molar-refractivity contribution in [1.82, 2.24) is 0 Å². The van der Waals surface area contributed by atoms with Crippen LogP contribution in [0.4, 0.5) is 0 Å². The molecule has 3 nitrogen and oxygen atoms in total. The van der Waals surface area contributed by atoms with Gasteiger partial charge in [0.05, 0.1) is 6.61 Å². The molecule has 1 heterocycles. The number of ether oxygens (including phenoxy) is 1. The maximum atomic E-state index is 11.4. The van der Waals surface area contributed by atoms with Crippen LogP contribution >= 0.6 is 22.9 Å². The lowest BCUT2D eigenvalue weighted by Gasteiger charge is -1.99. The molecule has 76 valence electrons. The SMILES string of the molecule is CCOC(=O)CC(=O)c1ccsc1Cl. The predicted molar refractivity (Wildman–Crippen MR) is 54.9 cm³/mol. The highest BCUT2D eigenvalue weighted by Gasteiger charge is 2.15. The Balaban J connectivity index is 2.59. The lowest BCUT2D eigenvalue weighted by molar-refractivity contribution is -0.141. The van der Waals surface area contributed by atoms with Crippen LogP contribution in [0, 0.1) is 0 Å². The summed E-state index contributed by atoms with van der Waals surface area (Å²) in [7, 11) is 0. The first-order valence-electron chi connectivity index (χ1n) is 4.07. The summed E-state index contributed by atoms with van der Waals surface area (Å²) in [4.78, 5) is 22.4. The minimum atomic E-state index is -0.514. The summed E-state index contributed by atoms with van der Waals surface area (Å²) in [6, 6.07) is 1.61. The van der Waals surface area contributed by atoms with Crippen molar-refractivity contribution in [2.45, 2.75) is 13.3 Å². The average Bonchev–Trinajstić information content (AvgIpc) is 2.51. The van der Waals surface area contributed by atoms with E-state index in [1.807, 2.05) is 0 Å². The van der Waals surface area contributed by atoms with Gasteiger partial charge >= 0.3 is 5.97 Å². The van der Waals surface area contributed by atoms with Crippen molar-refractivity contribution in [1.29, 1.82) is 0 Å². The van der Waals surface area contributed by atoms with Crippen molar-refractivity contribution in [3.05, 3.63) is 21.3 Å². The van der Waals surface area contributed by atoms with Gasteiger partial charge in [0.25, 0.3) is 0 Å². The third kappa shape index (κ3) is 2.82. The van der Waals surface area contributed by atoms with Crippen molar-refractivity contribution < 1.29 is 14.3 Å². The van der Waals surface area contributed by atoms with Crippen LogP contribution in [0.25, 0.3) is 0 Å². The second kappa shape index (κ2) is 5.12. The summed E-state index contributed by atoms with van der Waals surface area (Å²) >= 11 is 7.01. The van der Waals surface area contributed by atoms with E-state index in [2.05, 4.69) is 4.74 Å². The molecule has 0 fully saturated rings. The average molecular weight is 233 g/mol. The first-order valence-corrected chi connectivity index (χ1v) is 5.32. The number of Topliss-reactive ketones (excluding diaryl/α,β-unsaturated/α-hetero) is 1. The molecule has 1 aromatic heterocycles. The molecule has 0 amide bonds. The van der Waals surface area contributed by atoms with Gasteiger partial charge in [-0.25, -0.2) is 0 Å². The van der Waals surface area contributed by atoms with E-state index in [4.69, 9.17) is 11.6 Å². The van der Waals surface area contributed by atoms with Gasteiger partial charge in [-0.05, 0) is 18.4 Å². The molecule has 0 saturated carbocycles. The van der Waals surface area contributed by atoms with E-state index >= 15 is 0 Å². The summed E-state index contributed by atoms with van der Waals surface area (Å²) in [6.07, 6.45) is -0.246. The first-order chi connectivity index (χ1) is 6.65. The predicted octanol–water partition coefficient (Wildman–Crippen LogP) is 2.54. The second-order valence-corrected chi connectivity index (χ2v) is 4.03. The maximum Gasteiger partial charge on any atom is 0.313 e. The molecule has 0 bridgehead atoms. The highest BCUT2D eigenvalue weighted by Crippen LogP contribution is 2.23. The zero-order valence-corrected chi connectivity index (χ0v) is 9.15. The van der Waals surface area contributed by atoms with E-state index in [9.17, 15) is 9.59 Å². The van der Waals surface area contributed by atoms with Gasteiger partial charge in [0.15, 0.2) is 5.78 Å². The minimum absolute atomic E-state index is 0.246. The summed E-state index contributed by atoms with van der Waals surface area (Å²) in [5, 5.41) is 1.71. The van der Waals surface area contributed by atoms with E-state index < -0.39 is 5.97 Å². The van der Waals surface area contributed by atoms with Crippen LogP contribution in [0.3, 0.4) is 0 Å². The zero-order chi connectivity index (χ0) is 10.6. The topological polar surface area (TPSA) is 43.4 Å². The Morgan fingerprint density at radius 3 is 2.79 bits per heavy atom. The van der Waals surface area contributed by atoms with Crippen LogP contribution in [-0.4, -0.2) is 18.4 Å². The molecule has 0 aromatic carbocycles. The van der Waals surface area contributed by atoms with Gasteiger partial charge in [-0.2, -0.15) is 0 Å². The van der Waals surface area contributed by atoms with Crippen molar-refractivity contribution in [3.8, 4) is 0 Å². The fourth-order valence-corrected chi connectivity index (χ4v) is 1.89. The maximum absolute atomic E-state index is 11.4. The Morgan fingerprint density at radius 2 is 2.29 bits per heavy atom. The van der Waals surface area contributed by atoms with E-state index in [1.54, 1.807) is 18.4 Å². The molecule has 0 aliphatic carbocycles. The molecule has 0 N–H and O–H groups in total. The number of hydrogen-bond acceptors (Lipinski definition) is 4. The molecule has 5 heteroatoms. The van der Waals surface area contributed by atoms with Crippen molar-refractivity contribution in [3.63, 3.8) is 0 Å². The molecule has 0 aliphatic heterocycles. The summed E-state index contributed by atoms with van der Waals surface area (Å²) < 4.78 is 5.07. The first kappa shape index (κ1) is 11.2. The largest absolute Gasteiger partial charge is 0.466 e. The van der Waals surface area contributed by atoms with Crippen LogP contribution in [0.1, 0.15) is 23.7 Å². The number of halogens is 1. The van der Waals surface area contributed by atoms with Crippen LogP contribution in [-0.2, 0) is 9.53 Å².